The molecule has 1 fully saturated rings. The maximum Gasteiger partial charge on any atom is 0.240 e. The molecule has 0 aliphatic heterocycles. The predicted molar refractivity (Wildman–Crippen MR) is 68.7 cm³/mol. The molecule has 18 heavy (non-hydrogen) atoms. The maximum atomic E-state index is 12.0. The third kappa shape index (κ3) is 3.08. The SMILES string of the molecule is CC(=O)Nc1ccc(S(=O)(=O)NC2CCC2)cc1. The molecule has 0 radical (unpaired) electrons. The van der Waals surface area contributed by atoms with Crippen molar-refractivity contribution >= 4 is 21.6 Å². The van der Waals surface area contributed by atoms with Crippen molar-refractivity contribution in [3.63, 3.8) is 0 Å². The number of hydrogen-bond donors (Lipinski definition) is 2. The van der Waals surface area contributed by atoms with Crippen LogP contribution in [0.4, 0.5) is 5.69 Å². The number of hydrogen-bond acceptors (Lipinski definition) is 3. The van der Waals surface area contributed by atoms with Gasteiger partial charge < -0.3 is 5.32 Å². The Morgan fingerprint density at radius 2 is 1.83 bits per heavy atom. The highest BCUT2D eigenvalue weighted by atomic mass is 32.2. The monoisotopic (exact) mass is 268 g/mol. The summed E-state index contributed by atoms with van der Waals surface area (Å²) in [6.07, 6.45) is 2.89. The molecule has 1 aliphatic carbocycles. The van der Waals surface area contributed by atoms with E-state index in [0.29, 0.717) is 5.69 Å². The normalized spacial score (nSPS) is 16.1. The van der Waals surface area contributed by atoms with Gasteiger partial charge in [0.1, 0.15) is 0 Å². The first kappa shape index (κ1) is 13.0. The van der Waals surface area contributed by atoms with E-state index in [-0.39, 0.29) is 16.8 Å². The Labute approximate surface area is 107 Å². The highest BCUT2D eigenvalue weighted by Crippen LogP contribution is 2.21. The van der Waals surface area contributed by atoms with E-state index in [0.717, 1.165) is 19.3 Å². The van der Waals surface area contributed by atoms with E-state index in [1.807, 2.05) is 0 Å². The van der Waals surface area contributed by atoms with E-state index in [4.69, 9.17) is 0 Å². The van der Waals surface area contributed by atoms with Crippen molar-refractivity contribution in [2.75, 3.05) is 5.32 Å². The van der Waals surface area contributed by atoms with Crippen molar-refractivity contribution in [1.82, 2.24) is 4.72 Å². The molecule has 0 bridgehead atoms. The summed E-state index contributed by atoms with van der Waals surface area (Å²) >= 11 is 0. The van der Waals surface area contributed by atoms with Crippen LogP contribution in [0.1, 0.15) is 26.2 Å². The minimum atomic E-state index is -3.43. The quantitative estimate of drug-likeness (QED) is 0.868. The second-order valence-electron chi connectivity index (χ2n) is 4.45. The molecule has 1 aliphatic rings. The van der Waals surface area contributed by atoms with E-state index in [1.165, 1.54) is 19.1 Å². The molecule has 2 N–H and O–H groups in total. The zero-order valence-electron chi connectivity index (χ0n) is 10.1. The van der Waals surface area contributed by atoms with Gasteiger partial charge in [-0.2, -0.15) is 0 Å². The first-order valence-corrected chi connectivity index (χ1v) is 7.36. The number of anilines is 1. The van der Waals surface area contributed by atoms with Crippen molar-refractivity contribution in [3.05, 3.63) is 24.3 Å². The molecule has 5 nitrogen and oxygen atoms in total. The lowest BCUT2D eigenvalue weighted by atomic mass is 9.94. The van der Waals surface area contributed by atoms with Crippen LogP contribution in [-0.4, -0.2) is 20.4 Å². The summed E-state index contributed by atoms with van der Waals surface area (Å²) in [6.45, 7) is 1.41. The molecule has 0 saturated heterocycles. The van der Waals surface area contributed by atoms with E-state index >= 15 is 0 Å². The molecule has 0 spiro atoms. The standard InChI is InChI=1S/C12H16N2O3S/c1-9(15)13-10-5-7-12(8-6-10)18(16,17)14-11-3-2-4-11/h5-8,11,14H,2-4H2,1H3,(H,13,15). The van der Waals surface area contributed by atoms with Gasteiger partial charge >= 0.3 is 0 Å². The number of amides is 1. The van der Waals surface area contributed by atoms with Crippen LogP contribution in [0.3, 0.4) is 0 Å². The second-order valence-corrected chi connectivity index (χ2v) is 6.17. The van der Waals surface area contributed by atoms with E-state index in [9.17, 15) is 13.2 Å². The molecule has 98 valence electrons. The van der Waals surface area contributed by atoms with Crippen molar-refractivity contribution in [2.24, 2.45) is 0 Å². The number of carbonyl (C=O) groups is 1. The maximum absolute atomic E-state index is 12.0. The number of rotatable bonds is 4. The van der Waals surface area contributed by atoms with Gasteiger partial charge in [0.25, 0.3) is 0 Å². The molecule has 0 aromatic heterocycles. The summed E-state index contributed by atoms with van der Waals surface area (Å²) in [5.74, 6) is -0.182. The summed E-state index contributed by atoms with van der Waals surface area (Å²) in [6, 6.07) is 6.22. The van der Waals surface area contributed by atoms with Crippen molar-refractivity contribution in [1.29, 1.82) is 0 Å². The van der Waals surface area contributed by atoms with E-state index in [2.05, 4.69) is 10.0 Å². The molecule has 1 amide bonds. The van der Waals surface area contributed by atoms with Crippen LogP contribution in [0.2, 0.25) is 0 Å². The van der Waals surface area contributed by atoms with Gasteiger partial charge in [-0.25, -0.2) is 13.1 Å². The zero-order chi connectivity index (χ0) is 13.2. The van der Waals surface area contributed by atoms with Crippen LogP contribution in [0.5, 0.6) is 0 Å². The lowest BCUT2D eigenvalue weighted by molar-refractivity contribution is -0.114. The summed E-state index contributed by atoms with van der Waals surface area (Å²) in [5, 5.41) is 2.59. The Balaban J connectivity index is 2.10. The highest BCUT2D eigenvalue weighted by Gasteiger charge is 2.24. The number of carbonyl (C=O) groups excluding carboxylic acids is 1. The topological polar surface area (TPSA) is 75.3 Å². The van der Waals surface area contributed by atoms with E-state index < -0.39 is 10.0 Å². The Hall–Kier alpha value is -1.40. The van der Waals surface area contributed by atoms with Crippen molar-refractivity contribution in [3.8, 4) is 0 Å². The van der Waals surface area contributed by atoms with Crippen LogP contribution < -0.4 is 10.0 Å². The number of nitrogens with one attached hydrogen (secondary N) is 2. The zero-order valence-corrected chi connectivity index (χ0v) is 11.0. The molecule has 1 saturated carbocycles. The van der Waals surface area contributed by atoms with Gasteiger partial charge in [0.2, 0.25) is 15.9 Å². The van der Waals surface area contributed by atoms with Crippen LogP contribution in [-0.2, 0) is 14.8 Å². The Bertz CT molecular complexity index is 533. The summed E-state index contributed by atoms with van der Waals surface area (Å²) < 4.78 is 26.6. The number of sulfonamides is 1. The fourth-order valence-corrected chi connectivity index (χ4v) is 3.04. The lowest BCUT2D eigenvalue weighted by Gasteiger charge is -2.26. The minimum Gasteiger partial charge on any atom is -0.326 e. The molecular formula is C12H16N2O3S. The Morgan fingerprint density at radius 3 is 2.28 bits per heavy atom. The molecule has 2 rings (SSSR count). The first-order chi connectivity index (χ1) is 8.47. The molecule has 6 heteroatoms. The summed E-state index contributed by atoms with van der Waals surface area (Å²) in [5.41, 5.74) is 0.588. The second kappa shape index (κ2) is 5.07. The van der Waals surface area contributed by atoms with E-state index in [1.54, 1.807) is 12.1 Å². The Morgan fingerprint density at radius 1 is 1.22 bits per heavy atom. The van der Waals surface area contributed by atoms with Crippen LogP contribution in [0.15, 0.2) is 29.2 Å². The smallest absolute Gasteiger partial charge is 0.240 e. The van der Waals surface area contributed by atoms with Gasteiger partial charge in [-0.05, 0) is 37.1 Å². The summed E-state index contributed by atoms with van der Waals surface area (Å²) in [7, 11) is -3.43. The molecule has 1 aromatic rings. The van der Waals surface area contributed by atoms with Crippen molar-refractivity contribution in [2.45, 2.75) is 37.1 Å². The molecular weight excluding hydrogens is 252 g/mol. The van der Waals surface area contributed by atoms with Gasteiger partial charge in [-0.15, -0.1) is 0 Å². The molecule has 0 heterocycles. The first-order valence-electron chi connectivity index (χ1n) is 5.87. The third-order valence-electron chi connectivity index (χ3n) is 2.91. The van der Waals surface area contributed by atoms with Crippen molar-refractivity contribution < 1.29 is 13.2 Å². The largest absolute Gasteiger partial charge is 0.326 e. The lowest BCUT2D eigenvalue weighted by Crippen LogP contribution is -2.39. The molecule has 0 atom stereocenters. The fraction of sp³-hybridized carbons (Fsp3) is 0.417. The predicted octanol–water partition coefficient (Wildman–Crippen LogP) is 1.48. The van der Waals surface area contributed by atoms with Crippen LogP contribution in [0.25, 0.3) is 0 Å². The number of benzene rings is 1. The van der Waals surface area contributed by atoms with Gasteiger partial charge in [0.05, 0.1) is 4.90 Å². The van der Waals surface area contributed by atoms with Gasteiger partial charge in [-0.3, -0.25) is 4.79 Å². The van der Waals surface area contributed by atoms with Crippen LogP contribution >= 0.6 is 0 Å². The average molecular weight is 268 g/mol. The van der Waals surface area contributed by atoms with Crippen LogP contribution in [0, 0.1) is 0 Å². The van der Waals surface area contributed by atoms with Gasteiger partial charge in [-0.1, -0.05) is 6.42 Å². The Kier molecular flexibility index (Phi) is 3.68. The molecule has 0 unspecified atom stereocenters. The van der Waals surface area contributed by atoms with Gasteiger partial charge in [0.15, 0.2) is 0 Å². The van der Waals surface area contributed by atoms with Gasteiger partial charge in [0, 0.05) is 18.7 Å². The third-order valence-corrected chi connectivity index (χ3v) is 4.45. The summed E-state index contributed by atoms with van der Waals surface area (Å²) in [4.78, 5) is 11.1. The average Bonchev–Trinajstić information content (AvgIpc) is 2.24. The fourth-order valence-electron chi connectivity index (χ4n) is 1.73. The minimum absolute atomic E-state index is 0.0741. The highest BCUT2D eigenvalue weighted by molar-refractivity contribution is 7.89. The molecule has 1 aromatic carbocycles.